The lowest BCUT2D eigenvalue weighted by molar-refractivity contribution is -0.147. The van der Waals surface area contributed by atoms with E-state index in [1.165, 1.54) is 24.8 Å². The molecular weight excluding hydrogens is 205 g/mol. The molecule has 5 heteroatoms. The molecule has 1 aliphatic carbocycles. The van der Waals surface area contributed by atoms with Crippen LogP contribution in [0.25, 0.3) is 0 Å². The zero-order chi connectivity index (χ0) is 11.5. The summed E-state index contributed by atoms with van der Waals surface area (Å²) in [5.41, 5.74) is 0. The van der Waals surface area contributed by atoms with Crippen LogP contribution in [0, 0.1) is 0 Å². The van der Waals surface area contributed by atoms with E-state index in [4.69, 9.17) is 0 Å². The van der Waals surface area contributed by atoms with Crippen molar-refractivity contribution in [2.75, 3.05) is 20.1 Å². The van der Waals surface area contributed by atoms with Gasteiger partial charge in [-0.05, 0) is 26.3 Å². The van der Waals surface area contributed by atoms with E-state index in [2.05, 4.69) is 5.32 Å². The second-order valence-corrected chi connectivity index (χ2v) is 4.27. The highest BCUT2D eigenvalue weighted by Gasteiger charge is 2.32. The van der Waals surface area contributed by atoms with Crippen molar-refractivity contribution in [2.24, 2.45) is 0 Å². The summed E-state index contributed by atoms with van der Waals surface area (Å²) in [5, 5.41) is 3.27. The highest BCUT2D eigenvalue weighted by molar-refractivity contribution is 4.83. The van der Waals surface area contributed by atoms with E-state index in [0.29, 0.717) is 12.6 Å². The summed E-state index contributed by atoms with van der Waals surface area (Å²) in [6.07, 6.45) is -1.02. The molecule has 1 saturated carbocycles. The summed E-state index contributed by atoms with van der Waals surface area (Å²) in [6, 6.07) is 0.533. The van der Waals surface area contributed by atoms with Gasteiger partial charge in [0.05, 0.1) is 6.54 Å². The molecule has 0 spiro atoms. The molecular formula is C10H19F3N2. The molecule has 0 aromatic rings. The molecule has 1 rings (SSSR count). The number of nitrogens with zero attached hydrogens (tertiary/aromatic N) is 1. The quantitative estimate of drug-likeness (QED) is 0.742. The van der Waals surface area contributed by atoms with Crippen LogP contribution in [-0.4, -0.2) is 43.3 Å². The molecule has 0 bridgehead atoms. The fraction of sp³-hybridized carbons (Fsp3) is 1.00. The summed E-state index contributed by atoms with van der Waals surface area (Å²) in [5.74, 6) is 0. The molecule has 0 radical (unpaired) electrons. The van der Waals surface area contributed by atoms with Crippen molar-refractivity contribution in [3.05, 3.63) is 0 Å². The molecule has 0 amide bonds. The van der Waals surface area contributed by atoms with Crippen LogP contribution in [0.5, 0.6) is 0 Å². The first-order valence-corrected chi connectivity index (χ1v) is 5.42. The lowest BCUT2D eigenvalue weighted by Gasteiger charge is -2.28. The van der Waals surface area contributed by atoms with Crippen molar-refractivity contribution < 1.29 is 13.2 Å². The van der Waals surface area contributed by atoms with E-state index in [9.17, 15) is 13.2 Å². The van der Waals surface area contributed by atoms with Crippen LogP contribution in [0.4, 0.5) is 13.2 Å². The third-order valence-electron chi connectivity index (χ3n) is 2.74. The Labute approximate surface area is 88.8 Å². The van der Waals surface area contributed by atoms with Crippen molar-refractivity contribution in [2.45, 2.75) is 44.4 Å². The van der Waals surface area contributed by atoms with Gasteiger partial charge < -0.3 is 5.32 Å². The Morgan fingerprint density at radius 3 is 2.40 bits per heavy atom. The maximum absolute atomic E-state index is 12.2. The zero-order valence-corrected chi connectivity index (χ0v) is 9.27. The summed E-state index contributed by atoms with van der Waals surface area (Å²) in [7, 11) is 1.54. The van der Waals surface area contributed by atoms with E-state index in [1.54, 1.807) is 0 Å². The molecule has 0 heterocycles. The Morgan fingerprint density at radius 2 is 2.00 bits per heavy atom. The van der Waals surface area contributed by atoms with Crippen molar-refractivity contribution in [1.82, 2.24) is 10.2 Å². The normalized spacial score (nSPS) is 19.6. The first-order chi connectivity index (χ1) is 6.92. The number of hydrogen-bond acceptors (Lipinski definition) is 2. The van der Waals surface area contributed by atoms with Gasteiger partial charge in [-0.3, -0.25) is 4.90 Å². The Hall–Kier alpha value is -0.290. The maximum Gasteiger partial charge on any atom is 0.401 e. The molecule has 0 saturated heterocycles. The second kappa shape index (κ2) is 5.16. The smallest absolute Gasteiger partial charge is 0.312 e. The van der Waals surface area contributed by atoms with Crippen molar-refractivity contribution >= 4 is 0 Å². The van der Waals surface area contributed by atoms with E-state index < -0.39 is 12.7 Å². The van der Waals surface area contributed by atoms with Crippen molar-refractivity contribution in [3.63, 3.8) is 0 Å². The average molecular weight is 224 g/mol. The molecule has 2 nitrogen and oxygen atoms in total. The summed E-state index contributed by atoms with van der Waals surface area (Å²) < 4.78 is 36.5. The Kier molecular flexibility index (Phi) is 4.40. The van der Waals surface area contributed by atoms with Gasteiger partial charge in [0.1, 0.15) is 0 Å². The number of hydrogen-bond donors (Lipinski definition) is 1. The highest BCUT2D eigenvalue weighted by atomic mass is 19.4. The molecule has 1 aliphatic rings. The standard InChI is InChI=1S/C10H19F3N2/c1-3-9(6-14-8-4-5-8)15(2)7-10(11,12)13/h8-9,14H,3-7H2,1-2H3. The number of rotatable bonds is 6. The number of halogens is 3. The van der Waals surface area contributed by atoms with Crippen LogP contribution in [-0.2, 0) is 0 Å². The van der Waals surface area contributed by atoms with Gasteiger partial charge in [-0.2, -0.15) is 13.2 Å². The fourth-order valence-electron chi connectivity index (χ4n) is 1.61. The minimum atomic E-state index is -4.10. The van der Waals surface area contributed by atoms with Gasteiger partial charge in [0.2, 0.25) is 0 Å². The van der Waals surface area contributed by atoms with Crippen LogP contribution in [0.2, 0.25) is 0 Å². The van der Waals surface area contributed by atoms with Gasteiger partial charge in [-0.1, -0.05) is 6.92 Å². The monoisotopic (exact) mass is 224 g/mol. The summed E-state index contributed by atoms with van der Waals surface area (Å²) in [6.45, 7) is 1.76. The van der Waals surface area contributed by atoms with Gasteiger partial charge in [-0.15, -0.1) is 0 Å². The minimum absolute atomic E-state index is 0.0211. The van der Waals surface area contributed by atoms with E-state index in [1.807, 2.05) is 6.92 Å². The van der Waals surface area contributed by atoms with Crippen molar-refractivity contribution in [1.29, 1.82) is 0 Å². The average Bonchev–Trinajstić information content (AvgIpc) is 2.85. The summed E-state index contributed by atoms with van der Waals surface area (Å²) >= 11 is 0. The molecule has 1 unspecified atom stereocenters. The van der Waals surface area contributed by atoms with Gasteiger partial charge in [0.15, 0.2) is 0 Å². The number of alkyl halides is 3. The molecule has 0 aliphatic heterocycles. The van der Waals surface area contributed by atoms with Crippen LogP contribution in [0.15, 0.2) is 0 Å². The van der Waals surface area contributed by atoms with E-state index in [0.717, 1.165) is 6.42 Å². The van der Waals surface area contributed by atoms with Crippen LogP contribution in [0.3, 0.4) is 0 Å². The molecule has 0 aromatic carbocycles. The first-order valence-electron chi connectivity index (χ1n) is 5.42. The lowest BCUT2D eigenvalue weighted by Crippen LogP contribution is -2.44. The molecule has 0 aromatic heterocycles. The van der Waals surface area contributed by atoms with E-state index >= 15 is 0 Å². The molecule has 15 heavy (non-hydrogen) atoms. The molecule has 1 N–H and O–H groups in total. The first kappa shape index (κ1) is 12.8. The van der Waals surface area contributed by atoms with Crippen LogP contribution in [0.1, 0.15) is 26.2 Å². The van der Waals surface area contributed by atoms with Gasteiger partial charge in [-0.25, -0.2) is 0 Å². The van der Waals surface area contributed by atoms with Gasteiger partial charge >= 0.3 is 6.18 Å². The van der Waals surface area contributed by atoms with E-state index in [-0.39, 0.29) is 6.04 Å². The SMILES string of the molecule is CCC(CNC1CC1)N(C)CC(F)(F)F. The number of nitrogens with one attached hydrogen (secondary N) is 1. The largest absolute Gasteiger partial charge is 0.401 e. The summed E-state index contributed by atoms with van der Waals surface area (Å²) in [4.78, 5) is 1.38. The third-order valence-corrected chi connectivity index (χ3v) is 2.74. The molecule has 1 atom stereocenters. The van der Waals surface area contributed by atoms with Crippen LogP contribution < -0.4 is 5.32 Å². The topological polar surface area (TPSA) is 15.3 Å². The zero-order valence-electron chi connectivity index (χ0n) is 9.27. The fourth-order valence-corrected chi connectivity index (χ4v) is 1.61. The van der Waals surface area contributed by atoms with Gasteiger partial charge in [0, 0.05) is 18.6 Å². The Bertz CT molecular complexity index is 190. The maximum atomic E-state index is 12.2. The van der Waals surface area contributed by atoms with Crippen LogP contribution >= 0.6 is 0 Å². The third kappa shape index (κ3) is 5.37. The highest BCUT2D eigenvalue weighted by Crippen LogP contribution is 2.20. The second-order valence-electron chi connectivity index (χ2n) is 4.27. The minimum Gasteiger partial charge on any atom is -0.312 e. The predicted octanol–water partition coefficient (Wildman–Crippen LogP) is 2.01. The lowest BCUT2D eigenvalue weighted by atomic mass is 10.2. The molecule has 90 valence electrons. The van der Waals surface area contributed by atoms with Gasteiger partial charge in [0.25, 0.3) is 0 Å². The van der Waals surface area contributed by atoms with Crippen molar-refractivity contribution in [3.8, 4) is 0 Å². The Balaban J connectivity index is 2.27. The predicted molar refractivity (Wildman–Crippen MR) is 53.8 cm³/mol. The molecule has 1 fully saturated rings. The Morgan fingerprint density at radius 1 is 1.40 bits per heavy atom. The number of likely N-dealkylation sites (N-methyl/N-ethyl adjacent to an activating group) is 1.